The topological polar surface area (TPSA) is 50.4 Å². The standard InChI is InChI=1S/C7H12N2O2/c1-11-7(10)6-5-2-4(5)3-8-9-6/h4-6,8-9H,2-3H2,1H3/t4-,5-,6-/m0/s1. The number of fused-ring (bicyclic) bond motifs is 1. The molecule has 0 spiro atoms. The van der Waals surface area contributed by atoms with E-state index in [1.165, 1.54) is 7.11 Å². The summed E-state index contributed by atoms with van der Waals surface area (Å²) in [5, 5.41) is 0. The lowest BCUT2D eigenvalue weighted by Crippen LogP contribution is -2.51. The maximum Gasteiger partial charge on any atom is 0.324 e. The van der Waals surface area contributed by atoms with Crippen molar-refractivity contribution in [2.75, 3.05) is 13.7 Å². The Balaban J connectivity index is 1.97. The summed E-state index contributed by atoms with van der Waals surface area (Å²) >= 11 is 0. The smallest absolute Gasteiger partial charge is 0.324 e. The monoisotopic (exact) mass is 156 g/mol. The number of ether oxygens (including phenoxy) is 1. The molecular weight excluding hydrogens is 144 g/mol. The molecule has 0 unspecified atom stereocenters. The molecule has 0 aromatic heterocycles. The van der Waals surface area contributed by atoms with Crippen LogP contribution >= 0.6 is 0 Å². The van der Waals surface area contributed by atoms with Gasteiger partial charge in [-0.25, -0.2) is 5.43 Å². The van der Waals surface area contributed by atoms with Crippen molar-refractivity contribution >= 4 is 5.97 Å². The summed E-state index contributed by atoms with van der Waals surface area (Å²) in [6.07, 6.45) is 1.15. The largest absolute Gasteiger partial charge is 0.468 e. The highest BCUT2D eigenvalue weighted by atomic mass is 16.5. The molecule has 4 heteroatoms. The van der Waals surface area contributed by atoms with Gasteiger partial charge in [0.05, 0.1) is 7.11 Å². The third-order valence-electron chi connectivity index (χ3n) is 2.48. The fraction of sp³-hybridized carbons (Fsp3) is 0.857. The van der Waals surface area contributed by atoms with E-state index >= 15 is 0 Å². The predicted octanol–water partition coefficient (Wildman–Crippen LogP) is -0.728. The van der Waals surface area contributed by atoms with Crippen molar-refractivity contribution in [3.63, 3.8) is 0 Å². The first-order valence-electron chi connectivity index (χ1n) is 3.89. The normalized spacial score (nSPS) is 41.0. The van der Waals surface area contributed by atoms with Crippen LogP contribution in [0.3, 0.4) is 0 Å². The maximum atomic E-state index is 11.1. The van der Waals surface area contributed by atoms with Crippen molar-refractivity contribution in [1.29, 1.82) is 0 Å². The minimum absolute atomic E-state index is 0.112. The first-order chi connectivity index (χ1) is 5.33. The number of rotatable bonds is 1. The highest BCUT2D eigenvalue weighted by Crippen LogP contribution is 2.42. The Kier molecular flexibility index (Phi) is 1.58. The highest BCUT2D eigenvalue weighted by Gasteiger charge is 2.48. The lowest BCUT2D eigenvalue weighted by molar-refractivity contribution is -0.144. The van der Waals surface area contributed by atoms with Gasteiger partial charge in [0.2, 0.25) is 0 Å². The van der Waals surface area contributed by atoms with E-state index in [0.29, 0.717) is 11.8 Å². The van der Waals surface area contributed by atoms with Gasteiger partial charge in [0.15, 0.2) is 0 Å². The zero-order chi connectivity index (χ0) is 7.84. The first-order valence-corrected chi connectivity index (χ1v) is 3.89. The van der Waals surface area contributed by atoms with E-state index in [9.17, 15) is 4.79 Å². The molecule has 2 aliphatic rings. The molecule has 0 bridgehead atoms. The summed E-state index contributed by atoms with van der Waals surface area (Å²) in [7, 11) is 1.43. The van der Waals surface area contributed by atoms with E-state index < -0.39 is 0 Å². The summed E-state index contributed by atoms with van der Waals surface area (Å²) in [6.45, 7) is 0.984. The predicted molar refractivity (Wildman–Crippen MR) is 38.5 cm³/mol. The van der Waals surface area contributed by atoms with Gasteiger partial charge in [-0.05, 0) is 18.3 Å². The van der Waals surface area contributed by atoms with Gasteiger partial charge in [0.1, 0.15) is 6.04 Å². The van der Waals surface area contributed by atoms with Crippen molar-refractivity contribution < 1.29 is 9.53 Å². The number of hydrogen-bond acceptors (Lipinski definition) is 4. The minimum Gasteiger partial charge on any atom is -0.468 e. The van der Waals surface area contributed by atoms with Crippen molar-refractivity contribution in [1.82, 2.24) is 10.9 Å². The van der Waals surface area contributed by atoms with E-state index in [1.807, 2.05) is 0 Å². The van der Waals surface area contributed by atoms with Crippen molar-refractivity contribution in [2.24, 2.45) is 11.8 Å². The molecule has 1 aliphatic carbocycles. The molecule has 2 rings (SSSR count). The molecule has 11 heavy (non-hydrogen) atoms. The Morgan fingerprint density at radius 3 is 3.18 bits per heavy atom. The Labute approximate surface area is 65.3 Å². The Bertz CT molecular complexity index is 183. The molecule has 0 radical (unpaired) electrons. The van der Waals surface area contributed by atoms with Crippen LogP contribution in [0.15, 0.2) is 0 Å². The van der Waals surface area contributed by atoms with E-state index in [0.717, 1.165) is 13.0 Å². The van der Waals surface area contributed by atoms with Crippen molar-refractivity contribution in [3.8, 4) is 0 Å². The number of hydrogen-bond donors (Lipinski definition) is 2. The molecule has 0 aromatic carbocycles. The molecule has 2 fully saturated rings. The van der Waals surface area contributed by atoms with Gasteiger partial charge in [0, 0.05) is 6.54 Å². The first kappa shape index (κ1) is 7.06. The molecule has 0 amide bonds. The lowest BCUT2D eigenvalue weighted by Gasteiger charge is -2.21. The number of methoxy groups -OCH3 is 1. The van der Waals surface area contributed by atoms with Gasteiger partial charge in [-0.1, -0.05) is 0 Å². The zero-order valence-corrected chi connectivity index (χ0v) is 6.46. The Morgan fingerprint density at radius 2 is 2.45 bits per heavy atom. The van der Waals surface area contributed by atoms with Crippen molar-refractivity contribution in [3.05, 3.63) is 0 Å². The number of hydrazine groups is 1. The number of carbonyl (C=O) groups is 1. The minimum atomic E-state index is -0.148. The van der Waals surface area contributed by atoms with Gasteiger partial charge in [-0.3, -0.25) is 10.2 Å². The Hall–Kier alpha value is -0.610. The fourth-order valence-corrected chi connectivity index (χ4v) is 1.68. The van der Waals surface area contributed by atoms with Crippen LogP contribution in [0.5, 0.6) is 0 Å². The zero-order valence-electron chi connectivity index (χ0n) is 6.46. The van der Waals surface area contributed by atoms with Crippen LogP contribution < -0.4 is 10.9 Å². The van der Waals surface area contributed by atoms with Gasteiger partial charge in [0.25, 0.3) is 0 Å². The SMILES string of the molecule is COC(=O)[C@H]1NNC[C@@H]2C[C@@H]21. The van der Waals surface area contributed by atoms with Crippen molar-refractivity contribution in [2.45, 2.75) is 12.5 Å². The summed E-state index contributed by atoms with van der Waals surface area (Å²) in [4.78, 5) is 11.1. The molecular formula is C7H12N2O2. The van der Waals surface area contributed by atoms with Gasteiger partial charge >= 0.3 is 5.97 Å². The second-order valence-corrected chi connectivity index (χ2v) is 3.19. The van der Waals surface area contributed by atoms with Crippen LogP contribution in [0.25, 0.3) is 0 Å². The average molecular weight is 156 g/mol. The van der Waals surface area contributed by atoms with Crippen LogP contribution in [0.1, 0.15) is 6.42 Å². The van der Waals surface area contributed by atoms with E-state index in [1.54, 1.807) is 0 Å². The van der Waals surface area contributed by atoms with E-state index in [-0.39, 0.29) is 12.0 Å². The molecule has 1 saturated heterocycles. The van der Waals surface area contributed by atoms with Crippen LogP contribution in [0.4, 0.5) is 0 Å². The molecule has 3 atom stereocenters. The van der Waals surface area contributed by atoms with Gasteiger partial charge in [-0.2, -0.15) is 0 Å². The molecule has 1 heterocycles. The summed E-state index contributed by atoms with van der Waals surface area (Å²) in [6, 6.07) is -0.112. The van der Waals surface area contributed by atoms with E-state index in [4.69, 9.17) is 0 Å². The number of carbonyl (C=O) groups excluding carboxylic acids is 1. The molecule has 1 saturated carbocycles. The third-order valence-corrected chi connectivity index (χ3v) is 2.48. The maximum absolute atomic E-state index is 11.1. The van der Waals surface area contributed by atoms with Crippen LogP contribution in [-0.4, -0.2) is 25.7 Å². The third kappa shape index (κ3) is 1.12. The highest BCUT2D eigenvalue weighted by molar-refractivity contribution is 5.76. The fourth-order valence-electron chi connectivity index (χ4n) is 1.68. The van der Waals surface area contributed by atoms with Crippen LogP contribution in [0.2, 0.25) is 0 Å². The van der Waals surface area contributed by atoms with E-state index in [2.05, 4.69) is 15.6 Å². The molecule has 0 aromatic rings. The lowest BCUT2D eigenvalue weighted by atomic mass is 10.1. The average Bonchev–Trinajstić information content (AvgIpc) is 2.80. The molecule has 2 N–H and O–H groups in total. The summed E-state index contributed by atoms with van der Waals surface area (Å²) < 4.78 is 4.65. The Morgan fingerprint density at radius 1 is 1.64 bits per heavy atom. The van der Waals surface area contributed by atoms with Gasteiger partial charge < -0.3 is 4.74 Å². The molecule has 62 valence electrons. The molecule has 1 aliphatic heterocycles. The second kappa shape index (κ2) is 2.46. The second-order valence-electron chi connectivity index (χ2n) is 3.19. The quantitative estimate of drug-likeness (QED) is 0.491. The molecule has 4 nitrogen and oxygen atoms in total. The van der Waals surface area contributed by atoms with Gasteiger partial charge in [-0.15, -0.1) is 0 Å². The van der Waals surface area contributed by atoms with Crippen LogP contribution in [-0.2, 0) is 9.53 Å². The summed E-state index contributed by atoms with van der Waals surface area (Å²) in [5.74, 6) is 1.06. The number of nitrogens with one attached hydrogen (secondary N) is 2. The van der Waals surface area contributed by atoms with Crippen LogP contribution in [0, 0.1) is 11.8 Å². The number of esters is 1. The summed E-state index contributed by atoms with van der Waals surface area (Å²) in [5.41, 5.74) is 5.93.